The Morgan fingerprint density at radius 2 is 1.78 bits per heavy atom. The molecule has 1 saturated heterocycles. The average Bonchev–Trinajstić information content (AvgIpc) is 3.16. The number of aromatic nitrogens is 1. The monoisotopic (exact) mass is 382 g/mol. The summed E-state index contributed by atoms with van der Waals surface area (Å²) < 4.78 is 25.4. The molecular weight excluding hydrogens is 360 g/mol. The minimum Gasteiger partial charge on any atom is -0.361 e. The zero-order valence-corrected chi connectivity index (χ0v) is 15.8. The lowest BCUT2D eigenvalue weighted by Crippen LogP contribution is -2.42. The molecule has 0 bridgehead atoms. The minimum atomic E-state index is -3.21. The lowest BCUT2D eigenvalue weighted by atomic mass is 10.1. The Hall–Kier alpha value is -2.60. The van der Waals surface area contributed by atoms with Crippen LogP contribution in [-0.4, -0.2) is 42.5 Å². The summed E-state index contributed by atoms with van der Waals surface area (Å²) in [7, 11) is -3.21. The molecule has 0 spiro atoms. The fourth-order valence-corrected chi connectivity index (χ4v) is 5.53. The van der Waals surface area contributed by atoms with E-state index in [0.29, 0.717) is 31.5 Å². The Bertz CT molecular complexity index is 1050. The lowest BCUT2D eigenvalue weighted by Gasteiger charge is -2.32. The van der Waals surface area contributed by atoms with Crippen molar-refractivity contribution in [3.8, 4) is 0 Å². The highest BCUT2D eigenvalue weighted by atomic mass is 32.2. The molecule has 1 amide bonds. The second kappa shape index (κ2) is 7.19. The number of amides is 1. The van der Waals surface area contributed by atoms with Crippen molar-refractivity contribution >= 4 is 26.6 Å². The fourth-order valence-electron chi connectivity index (χ4n) is 3.71. The van der Waals surface area contributed by atoms with Crippen molar-refractivity contribution in [3.63, 3.8) is 0 Å². The number of aromatic amines is 1. The summed E-state index contributed by atoms with van der Waals surface area (Å²) in [4.78, 5) is 17.7. The number of nitrogens with zero attached hydrogens (tertiary/aromatic N) is 1. The van der Waals surface area contributed by atoms with Crippen LogP contribution in [0.1, 0.15) is 28.8 Å². The van der Waals surface area contributed by atoms with E-state index in [1.807, 2.05) is 60.8 Å². The van der Waals surface area contributed by atoms with Crippen LogP contribution in [0.4, 0.5) is 0 Å². The molecule has 1 fully saturated rings. The van der Waals surface area contributed by atoms with E-state index in [2.05, 4.69) is 4.98 Å². The van der Waals surface area contributed by atoms with Gasteiger partial charge in [0.05, 0.1) is 11.0 Å². The predicted octanol–water partition coefficient (Wildman–Crippen LogP) is 3.39. The number of hydrogen-bond acceptors (Lipinski definition) is 3. The Labute approximate surface area is 158 Å². The standard InChI is InChI=1S/C21H22N2O3S/c24-21(18-7-6-17-8-11-22-20(17)14-18)23-12-9-19(10-13-23)27(25,26)15-16-4-2-1-3-5-16/h1-8,11,14,19,22H,9-10,12-13,15H2. The van der Waals surface area contributed by atoms with E-state index in [4.69, 9.17) is 0 Å². The van der Waals surface area contributed by atoms with E-state index in [1.54, 1.807) is 4.90 Å². The van der Waals surface area contributed by atoms with Gasteiger partial charge in [0.2, 0.25) is 0 Å². The molecule has 4 rings (SSSR count). The number of carbonyl (C=O) groups excluding carboxylic acids is 1. The number of nitrogens with one attached hydrogen (secondary N) is 1. The smallest absolute Gasteiger partial charge is 0.253 e. The number of carbonyl (C=O) groups is 1. The molecule has 0 radical (unpaired) electrons. The van der Waals surface area contributed by atoms with Gasteiger partial charge in [0, 0.05) is 30.4 Å². The third kappa shape index (κ3) is 3.76. The Morgan fingerprint density at radius 3 is 2.52 bits per heavy atom. The highest BCUT2D eigenvalue weighted by Gasteiger charge is 2.31. The molecule has 1 N–H and O–H groups in total. The topological polar surface area (TPSA) is 70.2 Å². The number of piperidine rings is 1. The first-order valence-corrected chi connectivity index (χ1v) is 10.9. The fraction of sp³-hybridized carbons (Fsp3) is 0.286. The summed E-state index contributed by atoms with van der Waals surface area (Å²) in [6, 6.07) is 16.8. The van der Waals surface area contributed by atoms with E-state index >= 15 is 0 Å². The van der Waals surface area contributed by atoms with E-state index < -0.39 is 9.84 Å². The van der Waals surface area contributed by atoms with Crippen molar-refractivity contribution in [3.05, 3.63) is 71.9 Å². The number of sulfone groups is 1. The molecule has 140 valence electrons. The van der Waals surface area contributed by atoms with Gasteiger partial charge in [0.25, 0.3) is 5.91 Å². The Morgan fingerprint density at radius 1 is 1.04 bits per heavy atom. The average molecular weight is 382 g/mol. The molecule has 0 aliphatic carbocycles. The third-order valence-electron chi connectivity index (χ3n) is 5.25. The van der Waals surface area contributed by atoms with Gasteiger partial charge in [-0.1, -0.05) is 36.4 Å². The zero-order chi connectivity index (χ0) is 18.9. The molecule has 1 aliphatic heterocycles. The normalized spacial score (nSPS) is 15.9. The summed E-state index contributed by atoms with van der Waals surface area (Å²) in [5, 5.41) is 0.685. The Kier molecular flexibility index (Phi) is 4.74. The van der Waals surface area contributed by atoms with Crippen molar-refractivity contribution in [2.45, 2.75) is 23.8 Å². The van der Waals surface area contributed by atoms with Crippen molar-refractivity contribution in [1.29, 1.82) is 0 Å². The summed E-state index contributed by atoms with van der Waals surface area (Å²) >= 11 is 0. The van der Waals surface area contributed by atoms with Crippen molar-refractivity contribution in [2.24, 2.45) is 0 Å². The van der Waals surface area contributed by atoms with Crippen LogP contribution in [0.5, 0.6) is 0 Å². The lowest BCUT2D eigenvalue weighted by molar-refractivity contribution is 0.0726. The van der Waals surface area contributed by atoms with Crippen LogP contribution in [0.15, 0.2) is 60.8 Å². The van der Waals surface area contributed by atoms with E-state index in [-0.39, 0.29) is 16.9 Å². The summed E-state index contributed by atoms with van der Waals surface area (Å²) in [6.07, 6.45) is 2.83. The summed E-state index contributed by atoms with van der Waals surface area (Å²) in [5.74, 6) is 0.0288. The third-order valence-corrected chi connectivity index (χ3v) is 7.47. The highest BCUT2D eigenvalue weighted by Crippen LogP contribution is 2.23. The van der Waals surface area contributed by atoms with Crippen LogP contribution < -0.4 is 0 Å². The van der Waals surface area contributed by atoms with Crippen LogP contribution in [0, 0.1) is 0 Å². The molecule has 1 aromatic heterocycles. The van der Waals surface area contributed by atoms with Crippen molar-refractivity contribution in [1.82, 2.24) is 9.88 Å². The zero-order valence-electron chi connectivity index (χ0n) is 15.0. The maximum atomic E-state index is 12.8. The van der Waals surface area contributed by atoms with Gasteiger partial charge in [-0.15, -0.1) is 0 Å². The SMILES string of the molecule is O=C(c1ccc2cc[nH]c2c1)N1CCC(S(=O)(=O)Cc2ccccc2)CC1. The van der Waals surface area contributed by atoms with Gasteiger partial charge in [0.1, 0.15) is 0 Å². The van der Waals surface area contributed by atoms with Gasteiger partial charge in [0.15, 0.2) is 9.84 Å². The molecule has 0 unspecified atom stereocenters. The van der Waals surface area contributed by atoms with Crippen molar-refractivity contribution in [2.75, 3.05) is 13.1 Å². The quantitative estimate of drug-likeness (QED) is 0.752. The summed E-state index contributed by atoms with van der Waals surface area (Å²) in [5.41, 5.74) is 2.38. The molecule has 2 aromatic carbocycles. The van der Waals surface area contributed by atoms with Crippen LogP contribution in [0.3, 0.4) is 0 Å². The van der Waals surface area contributed by atoms with Gasteiger partial charge in [-0.3, -0.25) is 4.79 Å². The molecule has 1 aliphatic rings. The number of H-pyrrole nitrogens is 1. The number of likely N-dealkylation sites (tertiary alicyclic amines) is 1. The summed E-state index contributed by atoms with van der Waals surface area (Å²) in [6.45, 7) is 0.945. The molecule has 6 heteroatoms. The molecule has 5 nitrogen and oxygen atoms in total. The second-order valence-corrected chi connectivity index (χ2v) is 9.35. The number of rotatable bonds is 4. The van der Waals surface area contributed by atoms with Crippen LogP contribution in [-0.2, 0) is 15.6 Å². The molecule has 3 aromatic rings. The number of hydrogen-bond donors (Lipinski definition) is 1. The van der Waals surface area contributed by atoms with Gasteiger partial charge >= 0.3 is 0 Å². The molecule has 2 heterocycles. The largest absolute Gasteiger partial charge is 0.361 e. The van der Waals surface area contributed by atoms with Crippen LogP contribution >= 0.6 is 0 Å². The van der Waals surface area contributed by atoms with E-state index in [1.165, 1.54) is 0 Å². The molecule has 0 atom stereocenters. The van der Waals surface area contributed by atoms with Gasteiger partial charge in [-0.2, -0.15) is 0 Å². The van der Waals surface area contributed by atoms with Gasteiger partial charge < -0.3 is 9.88 Å². The van der Waals surface area contributed by atoms with E-state index in [0.717, 1.165) is 16.5 Å². The highest BCUT2D eigenvalue weighted by molar-refractivity contribution is 7.91. The van der Waals surface area contributed by atoms with Crippen LogP contribution in [0.25, 0.3) is 10.9 Å². The van der Waals surface area contributed by atoms with Crippen molar-refractivity contribution < 1.29 is 13.2 Å². The van der Waals surface area contributed by atoms with E-state index in [9.17, 15) is 13.2 Å². The molecule has 0 saturated carbocycles. The first-order chi connectivity index (χ1) is 13.0. The van der Waals surface area contributed by atoms with Gasteiger partial charge in [-0.25, -0.2) is 8.42 Å². The number of fused-ring (bicyclic) bond motifs is 1. The Balaban J connectivity index is 1.41. The minimum absolute atomic E-state index is 0.0367. The molecule has 27 heavy (non-hydrogen) atoms. The first-order valence-electron chi connectivity index (χ1n) is 9.15. The maximum absolute atomic E-state index is 12.8. The second-order valence-electron chi connectivity index (χ2n) is 7.06. The number of benzene rings is 2. The predicted molar refractivity (Wildman–Crippen MR) is 106 cm³/mol. The van der Waals surface area contributed by atoms with Gasteiger partial charge in [-0.05, 0) is 42.0 Å². The maximum Gasteiger partial charge on any atom is 0.253 e. The van der Waals surface area contributed by atoms with Crippen LogP contribution in [0.2, 0.25) is 0 Å². The first kappa shape index (κ1) is 17.8. The molecular formula is C21H22N2O3S.